The lowest BCUT2D eigenvalue weighted by Crippen LogP contribution is -2.66. The van der Waals surface area contributed by atoms with Crippen LogP contribution in [-0.4, -0.2) is 76.1 Å². The molecule has 2 rings (SSSR count). The van der Waals surface area contributed by atoms with Crippen molar-refractivity contribution >= 4 is 12.0 Å². The second-order valence-electron chi connectivity index (χ2n) is 8.39. The van der Waals surface area contributed by atoms with Gasteiger partial charge in [-0.15, -0.1) is 0 Å². The second kappa shape index (κ2) is 5.96. The minimum atomic E-state index is -0.403. The van der Waals surface area contributed by atoms with Gasteiger partial charge in [0.1, 0.15) is 6.04 Å². The van der Waals surface area contributed by atoms with Crippen molar-refractivity contribution in [2.75, 3.05) is 26.2 Å². The summed E-state index contributed by atoms with van der Waals surface area (Å²) < 4.78 is 5.33. The summed E-state index contributed by atoms with van der Waals surface area (Å²) in [6, 6.07) is -0.515. The number of rotatable bonds is 2. The van der Waals surface area contributed by atoms with Crippen molar-refractivity contribution < 1.29 is 14.3 Å². The number of esters is 1. The molecule has 132 valence electrons. The van der Waals surface area contributed by atoms with Gasteiger partial charge < -0.3 is 14.5 Å². The molecule has 2 aliphatic heterocycles. The van der Waals surface area contributed by atoms with Crippen molar-refractivity contribution in [3.05, 3.63) is 0 Å². The van der Waals surface area contributed by atoms with E-state index in [1.54, 1.807) is 0 Å². The summed E-state index contributed by atoms with van der Waals surface area (Å²) in [5, 5.41) is 0. The van der Waals surface area contributed by atoms with E-state index < -0.39 is 6.04 Å². The summed E-state index contributed by atoms with van der Waals surface area (Å²) in [6.07, 6.45) is 0. The SMILES string of the molecule is CCOC(=O)[C@@H]1[C@H]2CN(C(C)(C)C)C(=O)N2CCN1C(C)(C)C. The monoisotopic (exact) mass is 325 g/mol. The zero-order chi connectivity index (χ0) is 17.6. The Balaban J connectivity index is 2.35. The molecule has 2 heterocycles. The lowest BCUT2D eigenvalue weighted by atomic mass is 9.94. The van der Waals surface area contributed by atoms with E-state index in [0.29, 0.717) is 26.2 Å². The number of ether oxygens (including phenoxy) is 1. The molecule has 0 aromatic rings. The summed E-state index contributed by atoms with van der Waals surface area (Å²) in [4.78, 5) is 31.3. The quantitative estimate of drug-likeness (QED) is 0.728. The fourth-order valence-corrected chi connectivity index (χ4v) is 3.58. The van der Waals surface area contributed by atoms with Crippen LogP contribution >= 0.6 is 0 Å². The predicted octanol–water partition coefficient (Wildman–Crippen LogP) is 1.94. The van der Waals surface area contributed by atoms with Gasteiger partial charge in [-0.3, -0.25) is 9.69 Å². The molecule has 0 aliphatic carbocycles. The molecular weight excluding hydrogens is 294 g/mol. The van der Waals surface area contributed by atoms with Crippen molar-refractivity contribution in [3.63, 3.8) is 0 Å². The first kappa shape index (κ1) is 18.0. The highest BCUT2D eigenvalue weighted by Crippen LogP contribution is 2.33. The van der Waals surface area contributed by atoms with E-state index in [1.165, 1.54) is 0 Å². The minimum Gasteiger partial charge on any atom is -0.465 e. The molecule has 0 N–H and O–H groups in total. The third kappa shape index (κ3) is 3.32. The molecule has 0 bridgehead atoms. The molecule has 2 aliphatic rings. The fourth-order valence-electron chi connectivity index (χ4n) is 3.58. The summed E-state index contributed by atoms with van der Waals surface area (Å²) in [5.41, 5.74) is -0.401. The normalized spacial score (nSPS) is 26.5. The highest BCUT2D eigenvalue weighted by Gasteiger charge is 2.53. The average Bonchev–Trinajstić information content (AvgIpc) is 2.74. The summed E-state index contributed by atoms with van der Waals surface area (Å²) in [7, 11) is 0. The van der Waals surface area contributed by atoms with Crippen molar-refractivity contribution in [2.24, 2.45) is 0 Å². The van der Waals surface area contributed by atoms with Gasteiger partial charge in [-0.1, -0.05) is 0 Å². The molecule has 2 saturated heterocycles. The number of amides is 2. The van der Waals surface area contributed by atoms with Crippen LogP contribution < -0.4 is 0 Å². The van der Waals surface area contributed by atoms with Crippen LogP contribution in [0.3, 0.4) is 0 Å². The molecule has 0 saturated carbocycles. The van der Waals surface area contributed by atoms with E-state index in [-0.39, 0.29) is 29.1 Å². The number of carbonyl (C=O) groups excluding carboxylic acids is 2. The summed E-state index contributed by atoms with van der Waals surface area (Å²) >= 11 is 0. The van der Waals surface area contributed by atoms with Gasteiger partial charge >= 0.3 is 12.0 Å². The van der Waals surface area contributed by atoms with Gasteiger partial charge in [-0.2, -0.15) is 0 Å². The Morgan fingerprint density at radius 2 is 1.74 bits per heavy atom. The molecule has 6 heteroatoms. The third-order valence-corrected chi connectivity index (χ3v) is 4.73. The molecule has 0 aromatic carbocycles. The molecule has 6 nitrogen and oxygen atoms in total. The number of hydrogen-bond donors (Lipinski definition) is 0. The van der Waals surface area contributed by atoms with Crippen molar-refractivity contribution in [1.29, 1.82) is 0 Å². The van der Waals surface area contributed by atoms with Crippen LogP contribution in [0.15, 0.2) is 0 Å². The second-order valence-corrected chi connectivity index (χ2v) is 8.39. The predicted molar refractivity (Wildman–Crippen MR) is 89.2 cm³/mol. The van der Waals surface area contributed by atoms with Gasteiger partial charge in [0.05, 0.1) is 12.6 Å². The maximum Gasteiger partial charge on any atom is 0.325 e. The molecule has 0 aromatic heterocycles. The molecule has 0 spiro atoms. The molecular formula is C17H31N3O3. The zero-order valence-electron chi connectivity index (χ0n) is 15.5. The topological polar surface area (TPSA) is 53.1 Å². The number of nitrogens with zero attached hydrogens (tertiary/aromatic N) is 3. The Morgan fingerprint density at radius 1 is 1.13 bits per heavy atom. The van der Waals surface area contributed by atoms with Crippen molar-refractivity contribution in [1.82, 2.24) is 14.7 Å². The summed E-state index contributed by atoms with van der Waals surface area (Å²) in [6.45, 7) is 16.5. The first-order chi connectivity index (χ1) is 10.5. The van der Waals surface area contributed by atoms with Crippen LogP contribution in [0.5, 0.6) is 0 Å². The van der Waals surface area contributed by atoms with Gasteiger partial charge in [-0.25, -0.2) is 4.79 Å². The first-order valence-corrected chi connectivity index (χ1v) is 8.50. The minimum absolute atomic E-state index is 0.0327. The van der Waals surface area contributed by atoms with E-state index in [9.17, 15) is 9.59 Å². The highest BCUT2D eigenvalue weighted by atomic mass is 16.5. The van der Waals surface area contributed by atoms with E-state index in [1.807, 2.05) is 37.5 Å². The van der Waals surface area contributed by atoms with Crippen molar-refractivity contribution in [2.45, 2.75) is 71.6 Å². The Morgan fingerprint density at radius 3 is 2.22 bits per heavy atom. The van der Waals surface area contributed by atoms with Gasteiger partial charge in [0.25, 0.3) is 0 Å². The first-order valence-electron chi connectivity index (χ1n) is 8.50. The maximum atomic E-state index is 12.8. The number of hydrogen-bond acceptors (Lipinski definition) is 4. The zero-order valence-corrected chi connectivity index (χ0v) is 15.5. The average molecular weight is 325 g/mol. The van der Waals surface area contributed by atoms with Gasteiger partial charge in [0.2, 0.25) is 0 Å². The standard InChI is InChI=1S/C17H31N3O3/c1-8-23-14(21)13-12-11-20(17(5,6)7)15(22)18(12)9-10-19(13)16(2,3)4/h12-13H,8-11H2,1-7H3/t12-,13+/m1/s1. The summed E-state index contributed by atoms with van der Waals surface area (Å²) in [5.74, 6) is -0.222. The molecule has 0 radical (unpaired) electrons. The van der Waals surface area contributed by atoms with Crippen LogP contribution in [-0.2, 0) is 9.53 Å². The molecule has 23 heavy (non-hydrogen) atoms. The van der Waals surface area contributed by atoms with Gasteiger partial charge in [0.15, 0.2) is 0 Å². The lowest BCUT2D eigenvalue weighted by molar-refractivity contribution is -0.157. The van der Waals surface area contributed by atoms with E-state index in [4.69, 9.17) is 4.74 Å². The third-order valence-electron chi connectivity index (χ3n) is 4.73. The molecule has 2 fully saturated rings. The van der Waals surface area contributed by atoms with E-state index in [0.717, 1.165) is 0 Å². The van der Waals surface area contributed by atoms with E-state index >= 15 is 0 Å². The van der Waals surface area contributed by atoms with Crippen LogP contribution in [0.4, 0.5) is 4.79 Å². The number of fused-ring (bicyclic) bond motifs is 1. The maximum absolute atomic E-state index is 12.8. The largest absolute Gasteiger partial charge is 0.465 e. The molecule has 0 unspecified atom stereocenters. The Bertz CT molecular complexity index is 478. The van der Waals surface area contributed by atoms with Crippen LogP contribution in [0, 0.1) is 0 Å². The smallest absolute Gasteiger partial charge is 0.325 e. The number of piperazine rings is 1. The van der Waals surface area contributed by atoms with Crippen LogP contribution in [0.25, 0.3) is 0 Å². The van der Waals surface area contributed by atoms with Gasteiger partial charge in [-0.05, 0) is 48.5 Å². The number of urea groups is 1. The lowest BCUT2D eigenvalue weighted by Gasteiger charge is -2.48. The fraction of sp³-hybridized carbons (Fsp3) is 0.882. The Hall–Kier alpha value is -1.30. The molecule has 2 atom stereocenters. The molecule has 2 amide bonds. The van der Waals surface area contributed by atoms with Crippen molar-refractivity contribution in [3.8, 4) is 0 Å². The number of carbonyl (C=O) groups is 2. The van der Waals surface area contributed by atoms with Gasteiger partial charge in [0, 0.05) is 30.7 Å². The van der Waals surface area contributed by atoms with Crippen LogP contribution in [0.1, 0.15) is 48.5 Å². The Kier molecular flexibility index (Phi) is 4.68. The Labute approximate surface area is 139 Å². The highest BCUT2D eigenvalue weighted by molar-refractivity contribution is 5.83. The van der Waals surface area contributed by atoms with Crippen LogP contribution in [0.2, 0.25) is 0 Å². The van der Waals surface area contributed by atoms with E-state index in [2.05, 4.69) is 25.7 Å².